The van der Waals surface area contributed by atoms with E-state index in [4.69, 9.17) is 0 Å². The van der Waals surface area contributed by atoms with Crippen LogP contribution in [-0.4, -0.2) is 68.2 Å². The number of carbonyl (C=O) groups excluding carboxylic acids is 2. The van der Waals surface area contributed by atoms with Crippen LogP contribution in [0.1, 0.15) is 72.3 Å². The molecule has 1 aliphatic heterocycles. The molecule has 2 aromatic rings. The number of aliphatic hydroxyl groups is 1. The lowest BCUT2D eigenvalue weighted by molar-refractivity contribution is -0.151. The van der Waals surface area contributed by atoms with Gasteiger partial charge in [0.15, 0.2) is 5.01 Å². The minimum absolute atomic E-state index is 0.191. The zero-order chi connectivity index (χ0) is 29.0. The fourth-order valence-corrected chi connectivity index (χ4v) is 5.27. The molecule has 8 nitrogen and oxygen atoms in total. The Labute approximate surface area is 223 Å². The van der Waals surface area contributed by atoms with Crippen LogP contribution < -0.4 is 10.6 Å². The molecule has 0 unspecified atom stereocenters. The zero-order valence-electron chi connectivity index (χ0n) is 21.3. The molecule has 0 bridgehead atoms. The molecule has 0 aromatic carbocycles. The van der Waals surface area contributed by atoms with Crippen LogP contribution in [-0.2, 0) is 6.18 Å². The van der Waals surface area contributed by atoms with Crippen molar-refractivity contribution in [2.75, 3.05) is 18.4 Å². The van der Waals surface area contributed by atoms with Gasteiger partial charge in [-0.2, -0.15) is 26.3 Å². The Hall–Kier alpha value is -2.94. The summed E-state index contributed by atoms with van der Waals surface area (Å²) in [4.78, 5) is 35.2. The van der Waals surface area contributed by atoms with Gasteiger partial charge in [-0.1, -0.05) is 0 Å². The molecule has 2 fully saturated rings. The Balaban J connectivity index is 1.79. The predicted octanol–water partition coefficient (Wildman–Crippen LogP) is 4.86. The normalized spacial score (nSPS) is 19.2. The number of carbonyl (C=O) groups is 2. The minimum atomic E-state index is -5.03. The summed E-state index contributed by atoms with van der Waals surface area (Å²) in [6.07, 6.45) is -8.20. The highest BCUT2D eigenvalue weighted by atomic mass is 32.1. The van der Waals surface area contributed by atoms with Crippen molar-refractivity contribution in [3.8, 4) is 10.4 Å². The monoisotopic (exact) mass is 579 g/mol. The highest BCUT2D eigenvalue weighted by Gasteiger charge is 2.63. The van der Waals surface area contributed by atoms with Crippen molar-refractivity contribution in [3.05, 3.63) is 28.5 Å². The van der Waals surface area contributed by atoms with Crippen LogP contribution in [0.25, 0.3) is 10.4 Å². The summed E-state index contributed by atoms with van der Waals surface area (Å²) in [5.41, 5.74) is -5.92. The number of halogens is 6. The number of pyridine rings is 1. The van der Waals surface area contributed by atoms with Crippen LogP contribution >= 0.6 is 11.3 Å². The molecule has 2 aromatic heterocycles. The Morgan fingerprint density at radius 1 is 1.21 bits per heavy atom. The standard InChI is InChI=1S/C24H27F6N5O3S/c1-12-5-4-8-35(12)20(37)16-17(39-19(33-16)18(36)32-11-21(2,3)38)13-10-31-15(9-14(13)23(25,26)27)34-22(6-7-22)24(28,29)30/h9-10,12,38H,4-8,11H2,1-3H3,(H,31,34)(H,32,36)/t12-/m0/s1. The molecule has 1 saturated heterocycles. The Morgan fingerprint density at radius 2 is 1.87 bits per heavy atom. The average molecular weight is 580 g/mol. The number of aromatic nitrogens is 2. The van der Waals surface area contributed by atoms with Crippen molar-refractivity contribution in [1.29, 1.82) is 0 Å². The van der Waals surface area contributed by atoms with Crippen molar-refractivity contribution < 1.29 is 41.0 Å². The highest BCUT2D eigenvalue weighted by molar-refractivity contribution is 7.17. The second-order valence-electron chi connectivity index (χ2n) is 10.5. The number of nitrogens with zero attached hydrogens (tertiary/aromatic N) is 3. The molecule has 1 aliphatic carbocycles. The maximum Gasteiger partial charge on any atom is 0.417 e. The second-order valence-corrected chi connectivity index (χ2v) is 11.5. The van der Waals surface area contributed by atoms with Crippen LogP contribution in [0.5, 0.6) is 0 Å². The third-order valence-corrected chi connectivity index (χ3v) is 7.72. The van der Waals surface area contributed by atoms with Gasteiger partial charge in [-0.15, -0.1) is 11.3 Å². The molecule has 2 amide bonds. The summed E-state index contributed by atoms with van der Waals surface area (Å²) in [5.74, 6) is -2.09. The number of hydrogen-bond donors (Lipinski definition) is 3. The lowest BCUT2D eigenvalue weighted by Crippen LogP contribution is -2.39. The molecular weight excluding hydrogens is 552 g/mol. The Bertz CT molecular complexity index is 1270. The van der Waals surface area contributed by atoms with Gasteiger partial charge >= 0.3 is 12.4 Å². The van der Waals surface area contributed by atoms with E-state index < -0.39 is 52.3 Å². The van der Waals surface area contributed by atoms with Gasteiger partial charge in [0.25, 0.3) is 11.8 Å². The molecule has 0 radical (unpaired) electrons. The molecule has 3 heterocycles. The summed E-state index contributed by atoms with van der Waals surface area (Å²) in [6, 6.07) is 0.269. The van der Waals surface area contributed by atoms with Gasteiger partial charge in [-0.3, -0.25) is 9.59 Å². The third-order valence-electron chi connectivity index (χ3n) is 6.63. The predicted molar refractivity (Wildman–Crippen MR) is 130 cm³/mol. The maximum absolute atomic E-state index is 14.2. The summed E-state index contributed by atoms with van der Waals surface area (Å²) in [5, 5.41) is 14.1. The fraction of sp³-hybridized carbons (Fsp3) is 0.583. The van der Waals surface area contributed by atoms with E-state index in [0.29, 0.717) is 36.8 Å². The average Bonchev–Trinajstić information content (AvgIpc) is 3.28. The molecule has 214 valence electrons. The van der Waals surface area contributed by atoms with Crippen LogP contribution in [0.15, 0.2) is 12.3 Å². The molecule has 15 heteroatoms. The summed E-state index contributed by atoms with van der Waals surface area (Å²) >= 11 is 0.533. The Morgan fingerprint density at radius 3 is 2.38 bits per heavy atom. The maximum atomic E-state index is 14.2. The number of rotatable bonds is 7. The number of anilines is 1. The van der Waals surface area contributed by atoms with E-state index in [1.165, 1.54) is 18.7 Å². The van der Waals surface area contributed by atoms with Crippen LogP contribution in [0.4, 0.5) is 32.2 Å². The van der Waals surface area contributed by atoms with Crippen molar-refractivity contribution in [3.63, 3.8) is 0 Å². The van der Waals surface area contributed by atoms with Gasteiger partial charge < -0.3 is 20.6 Å². The molecule has 0 spiro atoms. The topological polar surface area (TPSA) is 107 Å². The van der Waals surface area contributed by atoms with E-state index in [0.717, 1.165) is 6.20 Å². The molecule has 3 N–H and O–H groups in total. The minimum Gasteiger partial charge on any atom is -0.389 e. The third kappa shape index (κ3) is 6.13. The van der Waals surface area contributed by atoms with Gasteiger partial charge in [0.2, 0.25) is 0 Å². The molecule has 39 heavy (non-hydrogen) atoms. The van der Waals surface area contributed by atoms with E-state index >= 15 is 0 Å². The SMILES string of the molecule is C[C@H]1CCCN1C(=O)c1nc(C(=O)NCC(C)(C)O)sc1-c1cnc(NC2(C(F)(F)F)CC2)cc1C(F)(F)F. The Kier molecular flexibility index (Phi) is 7.38. The van der Waals surface area contributed by atoms with Gasteiger partial charge in [0.1, 0.15) is 17.1 Å². The smallest absolute Gasteiger partial charge is 0.389 e. The van der Waals surface area contributed by atoms with Gasteiger partial charge in [0.05, 0.1) is 16.0 Å². The first-order valence-electron chi connectivity index (χ1n) is 12.2. The number of hydrogen-bond acceptors (Lipinski definition) is 7. The number of nitrogens with one attached hydrogen (secondary N) is 2. The first-order chi connectivity index (χ1) is 17.9. The quantitative estimate of drug-likeness (QED) is 0.405. The number of amides is 2. The number of thiazole rings is 1. The lowest BCUT2D eigenvalue weighted by atomic mass is 10.1. The number of likely N-dealkylation sites (tertiary alicyclic amines) is 1. The van der Waals surface area contributed by atoms with Gasteiger partial charge in [-0.25, -0.2) is 9.97 Å². The zero-order valence-corrected chi connectivity index (χ0v) is 22.1. The van der Waals surface area contributed by atoms with Crippen molar-refractivity contribution in [1.82, 2.24) is 20.2 Å². The lowest BCUT2D eigenvalue weighted by Gasteiger charge is -2.23. The van der Waals surface area contributed by atoms with Crippen molar-refractivity contribution in [2.24, 2.45) is 0 Å². The first kappa shape index (κ1) is 29.1. The van der Waals surface area contributed by atoms with Crippen molar-refractivity contribution >= 4 is 29.0 Å². The van der Waals surface area contributed by atoms with E-state index in [9.17, 15) is 41.0 Å². The summed E-state index contributed by atoms with van der Waals surface area (Å²) in [6.45, 7) is 4.82. The van der Waals surface area contributed by atoms with E-state index in [1.807, 2.05) is 0 Å². The summed E-state index contributed by atoms with van der Waals surface area (Å²) < 4.78 is 82.8. The first-order valence-corrected chi connectivity index (χ1v) is 13.0. The summed E-state index contributed by atoms with van der Waals surface area (Å²) in [7, 11) is 0. The second kappa shape index (κ2) is 9.91. The van der Waals surface area contributed by atoms with Gasteiger partial charge in [-0.05, 0) is 52.5 Å². The van der Waals surface area contributed by atoms with Crippen LogP contribution in [0, 0.1) is 0 Å². The van der Waals surface area contributed by atoms with Crippen LogP contribution in [0.2, 0.25) is 0 Å². The highest BCUT2D eigenvalue weighted by Crippen LogP contribution is 2.51. The molecule has 1 atom stereocenters. The molecule has 4 rings (SSSR count). The van der Waals surface area contributed by atoms with Crippen LogP contribution in [0.3, 0.4) is 0 Å². The molecular formula is C24H27F6N5O3S. The van der Waals surface area contributed by atoms with Crippen molar-refractivity contribution in [2.45, 2.75) is 76.0 Å². The number of alkyl halides is 6. The largest absolute Gasteiger partial charge is 0.417 e. The van der Waals surface area contributed by atoms with E-state index in [2.05, 4.69) is 20.6 Å². The molecule has 2 aliphatic rings. The molecule has 1 saturated carbocycles. The fourth-order valence-electron chi connectivity index (χ4n) is 4.28. The van der Waals surface area contributed by atoms with E-state index in [-0.39, 0.29) is 41.0 Å². The van der Waals surface area contributed by atoms with E-state index in [1.54, 1.807) is 6.92 Å². The van der Waals surface area contributed by atoms with Gasteiger partial charge in [0, 0.05) is 30.9 Å².